The van der Waals surface area contributed by atoms with Crippen molar-refractivity contribution in [1.82, 2.24) is 10.2 Å². The molecule has 8 unspecified atom stereocenters. The summed E-state index contributed by atoms with van der Waals surface area (Å²) in [6, 6.07) is 0.821. The van der Waals surface area contributed by atoms with Gasteiger partial charge in [-0.25, -0.2) is 0 Å². The molecular formula is C18H28Cl2N2O2S. The van der Waals surface area contributed by atoms with Crippen LogP contribution >= 0.6 is 35.0 Å². The molecule has 25 heavy (non-hydrogen) atoms. The molecule has 2 N–H and O–H groups in total. The van der Waals surface area contributed by atoms with Crippen LogP contribution < -0.4 is 5.32 Å². The van der Waals surface area contributed by atoms with E-state index in [1.165, 1.54) is 17.9 Å². The summed E-state index contributed by atoms with van der Waals surface area (Å²) in [5, 5.41) is 13.1. The molecule has 1 saturated carbocycles. The van der Waals surface area contributed by atoms with E-state index in [2.05, 4.69) is 24.0 Å². The largest absolute Gasteiger partial charge is 0.387 e. The number of hydrogen-bond acceptors (Lipinski definition) is 4. The van der Waals surface area contributed by atoms with E-state index in [1.54, 1.807) is 0 Å². The van der Waals surface area contributed by atoms with Gasteiger partial charge in [-0.05, 0) is 61.4 Å². The molecule has 9 atom stereocenters. The van der Waals surface area contributed by atoms with E-state index >= 15 is 0 Å². The van der Waals surface area contributed by atoms with Crippen LogP contribution in [0.1, 0.15) is 26.2 Å². The first-order valence-electron chi connectivity index (χ1n) is 9.53. The van der Waals surface area contributed by atoms with Gasteiger partial charge in [-0.2, -0.15) is 11.8 Å². The maximum absolute atomic E-state index is 12.2. The predicted molar refractivity (Wildman–Crippen MR) is 103 cm³/mol. The van der Waals surface area contributed by atoms with E-state index < -0.39 is 6.61 Å². The van der Waals surface area contributed by atoms with Gasteiger partial charge >= 0.3 is 0 Å². The molecule has 0 spiro atoms. The maximum Gasteiger partial charge on any atom is 0.248 e. The van der Waals surface area contributed by atoms with Crippen LogP contribution in [0.3, 0.4) is 0 Å². The fourth-order valence-electron chi connectivity index (χ4n) is 5.91. The lowest BCUT2D eigenvalue weighted by Gasteiger charge is -2.46. The molecule has 3 aliphatic heterocycles. The number of likely N-dealkylation sites (tertiary alicyclic amines) is 1. The standard InChI is InChI=1S/C18H28Cl2N2O2S/c1-9-4-14-12(6-22(9)15(24)7-23)16-11(10-2-3-25-8-10)5-13(19)17(20)18(16)21-14/h9-14,16-18,21,23H,2-8H2,1H3/t9-,10?,11?,12?,13?,14?,16?,17?,18?/m1/s1. The first kappa shape index (κ1) is 18.7. The number of nitrogens with zero attached hydrogens (tertiary/aromatic N) is 1. The number of carbonyl (C=O) groups is 1. The number of aliphatic hydroxyl groups is 1. The molecule has 1 aliphatic carbocycles. The van der Waals surface area contributed by atoms with Crippen LogP contribution in [0, 0.1) is 23.7 Å². The van der Waals surface area contributed by atoms with Gasteiger partial charge in [0.1, 0.15) is 6.61 Å². The highest BCUT2D eigenvalue weighted by Gasteiger charge is 2.57. The van der Waals surface area contributed by atoms with Crippen molar-refractivity contribution in [3.05, 3.63) is 0 Å². The third-order valence-electron chi connectivity index (χ3n) is 7.07. The van der Waals surface area contributed by atoms with Crippen molar-refractivity contribution < 1.29 is 9.90 Å². The summed E-state index contributed by atoms with van der Waals surface area (Å²) >= 11 is 15.5. The van der Waals surface area contributed by atoms with Crippen LogP contribution in [0.5, 0.6) is 0 Å². The van der Waals surface area contributed by atoms with E-state index in [1.807, 2.05) is 4.90 Å². The Morgan fingerprint density at radius 1 is 1.32 bits per heavy atom. The Balaban J connectivity index is 1.60. The van der Waals surface area contributed by atoms with Gasteiger partial charge in [0.05, 0.1) is 10.8 Å². The van der Waals surface area contributed by atoms with E-state index in [0.29, 0.717) is 23.8 Å². The minimum atomic E-state index is -0.395. The van der Waals surface area contributed by atoms with Gasteiger partial charge in [-0.15, -0.1) is 23.2 Å². The van der Waals surface area contributed by atoms with Crippen LogP contribution in [-0.2, 0) is 4.79 Å². The molecule has 142 valence electrons. The van der Waals surface area contributed by atoms with Gasteiger partial charge in [0.2, 0.25) is 5.91 Å². The topological polar surface area (TPSA) is 52.6 Å². The average molecular weight is 407 g/mol. The number of aliphatic hydroxyl groups excluding tert-OH is 1. The summed E-state index contributed by atoms with van der Waals surface area (Å²) in [4.78, 5) is 14.1. The number of fused-ring (bicyclic) bond motifs is 3. The Labute approximate surface area is 164 Å². The molecule has 0 radical (unpaired) electrons. The fraction of sp³-hybridized carbons (Fsp3) is 0.944. The van der Waals surface area contributed by atoms with Gasteiger partial charge in [0.25, 0.3) is 0 Å². The molecule has 4 aliphatic rings. The zero-order valence-corrected chi connectivity index (χ0v) is 16.9. The number of alkyl halides is 2. The maximum atomic E-state index is 12.2. The fourth-order valence-corrected chi connectivity index (χ4v) is 7.96. The molecule has 0 bridgehead atoms. The minimum Gasteiger partial charge on any atom is -0.387 e. The number of amides is 1. The van der Waals surface area contributed by atoms with Crippen molar-refractivity contribution in [2.45, 2.75) is 55.1 Å². The molecule has 4 rings (SSSR count). The summed E-state index contributed by atoms with van der Waals surface area (Å²) < 4.78 is 0. The summed E-state index contributed by atoms with van der Waals surface area (Å²) in [6.07, 6.45) is 3.21. The van der Waals surface area contributed by atoms with E-state index in [0.717, 1.165) is 25.3 Å². The molecule has 3 saturated heterocycles. The SMILES string of the molecule is C[C@@H]1CC2NC3C(Cl)C(Cl)CC(C4CCSC4)C3C2CN1C(=O)CO. The second-order valence-corrected chi connectivity index (χ2v) is 10.5. The molecule has 0 aromatic rings. The van der Waals surface area contributed by atoms with Crippen molar-refractivity contribution in [2.75, 3.05) is 24.7 Å². The van der Waals surface area contributed by atoms with Crippen molar-refractivity contribution in [3.8, 4) is 0 Å². The van der Waals surface area contributed by atoms with Crippen molar-refractivity contribution >= 4 is 40.9 Å². The normalized spacial score (nSPS) is 49.8. The van der Waals surface area contributed by atoms with Crippen LogP contribution in [-0.4, -0.2) is 69.5 Å². The Morgan fingerprint density at radius 3 is 2.80 bits per heavy atom. The second kappa shape index (κ2) is 7.38. The van der Waals surface area contributed by atoms with Gasteiger partial charge in [-0.1, -0.05) is 0 Å². The Bertz CT molecular complexity index is 519. The first-order valence-corrected chi connectivity index (χ1v) is 11.6. The average Bonchev–Trinajstić information content (AvgIpc) is 3.24. The highest BCUT2D eigenvalue weighted by atomic mass is 35.5. The number of rotatable bonds is 2. The Morgan fingerprint density at radius 2 is 2.12 bits per heavy atom. The van der Waals surface area contributed by atoms with Crippen LogP contribution in [0.2, 0.25) is 0 Å². The summed E-state index contributed by atoms with van der Waals surface area (Å²) in [5.41, 5.74) is 0. The third kappa shape index (κ3) is 3.22. The van der Waals surface area contributed by atoms with Crippen molar-refractivity contribution in [2.24, 2.45) is 23.7 Å². The summed E-state index contributed by atoms with van der Waals surface area (Å²) in [5.74, 6) is 4.59. The molecule has 3 heterocycles. The zero-order chi connectivity index (χ0) is 17.7. The van der Waals surface area contributed by atoms with Crippen LogP contribution in [0.15, 0.2) is 0 Å². The number of piperidine rings is 1. The molecular weight excluding hydrogens is 379 g/mol. The molecule has 1 amide bonds. The van der Waals surface area contributed by atoms with Crippen molar-refractivity contribution in [1.29, 1.82) is 0 Å². The molecule has 0 aromatic heterocycles. The number of carbonyl (C=O) groups excluding carboxylic acids is 1. The van der Waals surface area contributed by atoms with Gasteiger partial charge < -0.3 is 15.3 Å². The van der Waals surface area contributed by atoms with Gasteiger partial charge in [0, 0.05) is 24.7 Å². The molecule has 4 nitrogen and oxygen atoms in total. The number of thioether (sulfide) groups is 1. The quantitative estimate of drug-likeness (QED) is 0.689. The van der Waals surface area contributed by atoms with E-state index in [-0.39, 0.29) is 28.7 Å². The number of nitrogens with one attached hydrogen (secondary N) is 1. The first-order chi connectivity index (χ1) is 12.0. The highest BCUT2D eigenvalue weighted by Crippen LogP contribution is 2.52. The highest BCUT2D eigenvalue weighted by molar-refractivity contribution is 7.99. The smallest absolute Gasteiger partial charge is 0.248 e. The Kier molecular flexibility index (Phi) is 5.52. The molecule has 4 fully saturated rings. The minimum absolute atomic E-state index is 0.0266. The molecule has 7 heteroatoms. The lowest BCUT2D eigenvalue weighted by Crippen LogP contribution is -2.54. The second-order valence-electron chi connectivity index (χ2n) is 8.31. The van der Waals surface area contributed by atoms with Crippen molar-refractivity contribution in [3.63, 3.8) is 0 Å². The van der Waals surface area contributed by atoms with E-state index in [4.69, 9.17) is 23.2 Å². The third-order valence-corrected chi connectivity index (χ3v) is 9.42. The number of hydrogen-bond donors (Lipinski definition) is 2. The van der Waals surface area contributed by atoms with E-state index in [9.17, 15) is 9.90 Å². The summed E-state index contributed by atoms with van der Waals surface area (Å²) in [7, 11) is 0. The van der Waals surface area contributed by atoms with Gasteiger partial charge in [0.15, 0.2) is 0 Å². The Hall–Kier alpha value is 0.320. The lowest BCUT2D eigenvalue weighted by atomic mass is 9.65. The summed E-state index contributed by atoms with van der Waals surface area (Å²) in [6.45, 7) is 2.43. The zero-order valence-electron chi connectivity index (χ0n) is 14.6. The monoisotopic (exact) mass is 406 g/mol. The number of halogens is 2. The van der Waals surface area contributed by atoms with Gasteiger partial charge in [-0.3, -0.25) is 4.79 Å². The lowest BCUT2D eigenvalue weighted by molar-refractivity contribution is -0.139. The van der Waals surface area contributed by atoms with Crippen LogP contribution in [0.25, 0.3) is 0 Å². The molecule has 0 aromatic carbocycles. The predicted octanol–water partition coefficient (Wildman–Crippen LogP) is 2.16. The van der Waals surface area contributed by atoms with Crippen LogP contribution in [0.4, 0.5) is 0 Å².